The molecule has 0 atom stereocenters. The average molecular weight is 313 g/mol. The highest BCUT2D eigenvalue weighted by Crippen LogP contribution is 2.14. The Balaban J connectivity index is 2.42. The van der Waals surface area contributed by atoms with Crippen LogP contribution in [0.15, 0.2) is 27.5 Å². The number of hydrogen-bond donors (Lipinski definition) is 1. The lowest BCUT2D eigenvalue weighted by Gasteiger charge is -2.06. The Kier molecular flexibility index (Phi) is 3.56. The van der Waals surface area contributed by atoms with E-state index in [1.807, 2.05) is 0 Å². The SMILES string of the molecule is CCOC(=O)Nn1nnc2cc(Br)ccc2c1=O. The van der Waals surface area contributed by atoms with E-state index in [1.54, 1.807) is 25.1 Å². The van der Waals surface area contributed by atoms with E-state index in [0.717, 1.165) is 9.26 Å². The molecule has 0 radical (unpaired) electrons. The number of halogens is 1. The zero-order valence-electron chi connectivity index (χ0n) is 9.38. The van der Waals surface area contributed by atoms with Gasteiger partial charge in [0, 0.05) is 4.47 Å². The molecule has 1 heterocycles. The predicted octanol–water partition coefficient (Wildman–Crippen LogP) is 1.25. The summed E-state index contributed by atoms with van der Waals surface area (Å²) >= 11 is 3.27. The fourth-order valence-electron chi connectivity index (χ4n) is 1.34. The second kappa shape index (κ2) is 5.13. The van der Waals surface area contributed by atoms with Crippen molar-refractivity contribution < 1.29 is 9.53 Å². The van der Waals surface area contributed by atoms with E-state index in [4.69, 9.17) is 0 Å². The van der Waals surface area contributed by atoms with Crippen LogP contribution in [0.4, 0.5) is 4.79 Å². The predicted molar refractivity (Wildman–Crippen MR) is 67.9 cm³/mol. The lowest BCUT2D eigenvalue weighted by atomic mass is 10.2. The molecule has 18 heavy (non-hydrogen) atoms. The van der Waals surface area contributed by atoms with E-state index < -0.39 is 11.7 Å². The Morgan fingerprint density at radius 2 is 2.33 bits per heavy atom. The maximum Gasteiger partial charge on any atom is 0.427 e. The van der Waals surface area contributed by atoms with Gasteiger partial charge in [0.2, 0.25) is 0 Å². The molecule has 1 N–H and O–H groups in total. The van der Waals surface area contributed by atoms with Gasteiger partial charge < -0.3 is 4.74 Å². The van der Waals surface area contributed by atoms with Gasteiger partial charge in [0.15, 0.2) is 0 Å². The number of hydrogen-bond acceptors (Lipinski definition) is 5. The third kappa shape index (κ3) is 2.48. The monoisotopic (exact) mass is 312 g/mol. The molecule has 0 aliphatic rings. The molecule has 0 bridgehead atoms. The van der Waals surface area contributed by atoms with Crippen LogP contribution in [0, 0.1) is 0 Å². The average Bonchev–Trinajstić information content (AvgIpc) is 2.33. The van der Waals surface area contributed by atoms with Crippen LogP contribution >= 0.6 is 15.9 Å². The van der Waals surface area contributed by atoms with Crippen LogP contribution < -0.4 is 11.0 Å². The second-order valence-corrected chi connectivity index (χ2v) is 4.22. The van der Waals surface area contributed by atoms with Gasteiger partial charge in [0.25, 0.3) is 5.56 Å². The first-order chi connectivity index (χ1) is 8.61. The van der Waals surface area contributed by atoms with Gasteiger partial charge >= 0.3 is 6.09 Å². The molecule has 0 saturated heterocycles. The summed E-state index contributed by atoms with van der Waals surface area (Å²) in [6.45, 7) is 1.86. The standard InChI is InChI=1S/C10H9BrN4O3/c1-2-18-10(17)13-15-9(16)7-4-3-6(11)5-8(7)12-14-15/h3-5H,2H2,1H3,(H,13,17). The summed E-state index contributed by atoms with van der Waals surface area (Å²) in [6.07, 6.45) is -0.759. The topological polar surface area (TPSA) is 86.1 Å². The van der Waals surface area contributed by atoms with Crippen LogP contribution in [0.3, 0.4) is 0 Å². The number of fused-ring (bicyclic) bond motifs is 1. The highest BCUT2D eigenvalue weighted by atomic mass is 79.9. The van der Waals surface area contributed by atoms with Crippen molar-refractivity contribution in [2.45, 2.75) is 6.92 Å². The van der Waals surface area contributed by atoms with Crippen LogP contribution in [0.5, 0.6) is 0 Å². The van der Waals surface area contributed by atoms with Gasteiger partial charge in [-0.1, -0.05) is 15.9 Å². The third-order valence-electron chi connectivity index (χ3n) is 2.10. The van der Waals surface area contributed by atoms with Gasteiger partial charge in [0.1, 0.15) is 5.52 Å². The lowest BCUT2D eigenvalue weighted by molar-refractivity contribution is 0.163. The number of carbonyl (C=O) groups excluding carboxylic acids is 1. The van der Waals surface area contributed by atoms with Crippen molar-refractivity contribution in [3.63, 3.8) is 0 Å². The maximum atomic E-state index is 12.0. The van der Waals surface area contributed by atoms with Crippen LogP contribution in [0.25, 0.3) is 10.9 Å². The normalized spacial score (nSPS) is 10.3. The van der Waals surface area contributed by atoms with Crippen molar-refractivity contribution >= 4 is 32.9 Å². The lowest BCUT2D eigenvalue weighted by Crippen LogP contribution is -2.36. The molecule has 1 aromatic heterocycles. The third-order valence-corrected chi connectivity index (χ3v) is 2.59. The van der Waals surface area contributed by atoms with E-state index >= 15 is 0 Å². The van der Waals surface area contributed by atoms with Gasteiger partial charge in [-0.05, 0) is 30.3 Å². The smallest absolute Gasteiger partial charge is 0.427 e. The quantitative estimate of drug-likeness (QED) is 0.902. The number of benzene rings is 1. The first kappa shape index (κ1) is 12.5. The molecule has 7 nitrogen and oxygen atoms in total. The number of amides is 1. The number of aromatic nitrogens is 3. The summed E-state index contributed by atoms with van der Waals surface area (Å²) in [5.74, 6) is 0. The van der Waals surface area contributed by atoms with Crippen molar-refractivity contribution in [2.24, 2.45) is 0 Å². The largest absolute Gasteiger partial charge is 0.449 e. The van der Waals surface area contributed by atoms with E-state index in [0.29, 0.717) is 10.9 Å². The van der Waals surface area contributed by atoms with E-state index in [1.165, 1.54) is 0 Å². The molecule has 2 rings (SSSR count). The number of nitrogens with zero attached hydrogens (tertiary/aromatic N) is 3. The summed E-state index contributed by atoms with van der Waals surface area (Å²) in [7, 11) is 0. The molecule has 0 fully saturated rings. The minimum atomic E-state index is -0.759. The molecule has 0 unspecified atom stereocenters. The van der Waals surface area contributed by atoms with Crippen molar-refractivity contribution in [3.05, 3.63) is 33.0 Å². The fraction of sp³-hybridized carbons (Fsp3) is 0.200. The number of ether oxygens (including phenoxy) is 1. The molecule has 0 aliphatic carbocycles. The van der Waals surface area contributed by atoms with E-state index in [2.05, 4.69) is 36.4 Å². The van der Waals surface area contributed by atoms with Crippen LogP contribution in [-0.2, 0) is 4.74 Å². The minimum absolute atomic E-state index is 0.203. The Morgan fingerprint density at radius 3 is 3.06 bits per heavy atom. The highest BCUT2D eigenvalue weighted by Gasteiger charge is 2.08. The number of rotatable bonds is 2. The van der Waals surface area contributed by atoms with Gasteiger partial charge in [0.05, 0.1) is 12.0 Å². The van der Waals surface area contributed by atoms with Gasteiger partial charge in [-0.15, -0.1) is 9.89 Å². The fourth-order valence-corrected chi connectivity index (χ4v) is 1.69. The minimum Gasteiger partial charge on any atom is -0.449 e. The van der Waals surface area contributed by atoms with Gasteiger partial charge in [-0.2, -0.15) is 0 Å². The summed E-state index contributed by atoms with van der Waals surface area (Å²) < 4.78 is 5.44. The van der Waals surface area contributed by atoms with Crippen molar-refractivity contribution in [2.75, 3.05) is 12.0 Å². The van der Waals surface area contributed by atoms with Crippen LogP contribution in [0.1, 0.15) is 6.92 Å². The zero-order chi connectivity index (χ0) is 13.1. The maximum absolute atomic E-state index is 12.0. The van der Waals surface area contributed by atoms with Crippen LogP contribution in [0.2, 0.25) is 0 Å². The Morgan fingerprint density at radius 1 is 1.56 bits per heavy atom. The molecular formula is C10H9BrN4O3. The Bertz CT molecular complexity index is 655. The van der Waals surface area contributed by atoms with Gasteiger partial charge in [-0.25, -0.2) is 10.2 Å². The zero-order valence-corrected chi connectivity index (χ0v) is 11.0. The van der Waals surface area contributed by atoms with Crippen LogP contribution in [-0.4, -0.2) is 27.8 Å². The Labute approximate surface area is 110 Å². The molecule has 1 amide bonds. The molecule has 94 valence electrons. The van der Waals surface area contributed by atoms with E-state index in [-0.39, 0.29) is 6.61 Å². The first-order valence-electron chi connectivity index (χ1n) is 5.11. The highest BCUT2D eigenvalue weighted by molar-refractivity contribution is 9.10. The summed E-state index contributed by atoms with van der Waals surface area (Å²) in [4.78, 5) is 23.9. The molecule has 1 aromatic carbocycles. The number of carbonyl (C=O) groups is 1. The second-order valence-electron chi connectivity index (χ2n) is 3.30. The summed E-state index contributed by atoms with van der Waals surface area (Å²) in [5, 5.41) is 7.77. The molecular weight excluding hydrogens is 304 g/mol. The molecule has 0 saturated carbocycles. The summed E-state index contributed by atoms with van der Waals surface area (Å²) in [6, 6.07) is 4.97. The molecule has 8 heteroatoms. The Hall–Kier alpha value is -1.96. The molecule has 0 aliphatic heterocycles. The summed E-state index contributed by atoms with van der Waals surface area (Å²) in [5.41, 5.74) is 2.14. The molecule has 2 aromatic rings. The molecule has 0 spiro atoms. The van der Waals surface area contributed by atoms with Crippen molar-refractivity contribution in [1.82, 2.24) is 15.1 Å². The van der Waals surface area contributed by atoms with Gasteiger partial charge in [-0.3, -0.25) is 4.79 Å². The van der Waals surface area contributed by atoms with E-state index in [9.17, 15) is 9.59 Å². The first-order valence-corrected chi connectivity index (χ1v) is 5.90. The number of nitrogens with one attached hydrogen (secondary N) is 1. The van der Waals surface area contributed by atoms with Crippen molar-refractivity contribution in [3.8, 4) is 0 Å². The van der Waals surface area contributed by atoms with Crippen molar-refractivity contribution in [1.29, 1.82) is 0 Å².